The molecule has 1 aromatic carbocycles. The zero-order valence-corrected chi connectivity index (χ0v) is 6.70. The first-order valence-electron chi connectivity index (χ1n) is 3.64. The molecule has 0 saturated carbocycles. The lowest BCUT2D eigenvalue weighted by Crippen LogP contribution is -2.41. The Hall–Kier alpha value is -1.36. The van der Waals surface area contributed by atoms with Crippen molar-refractivity contribution in [1.29, 1.82) is 0 Å². The summed E-state index contributed by atoms with van der Waals surface area (Å²) in [5.74, 6) is 0. The average molecular weight is 170 g/mol. The second kappa shape index (κ2) is 2.94. The highest BCUT2D eigenvalue weighted by Crippen LogP contribution is 2.13. The summed E-state index contributed by atoms with van der Waals surface area (Å²) in [5.41, 5.74) is 3.57. The van der Waals surface area contributed by atoms with Crippen LogP contribution in [-0.4, -0.2) is 11.8 Å². The van der Waals surface area contributed by atoms with E-state index >= 15 is 0 Å². The highest BCUT2D eigenvalue weighted by atomic mass is 16.5. The van der Waals surface area contributed by atoms with Gasteiger partial charge in [-0.25, -0.2) is 0 Å². The second-order valence-electron chi connectivity index (χ2n) is 2.54. The first-order chi connectivity index (χ1) is 5.59. The fourth-order valence-electron chi connectivity index (χ4n) is 0.977. The third kappa shape index (κ3) is 1.08. The van der Waals surface area contributed by atoms with Gasteiger partial charge in [-0.1, -0.05) is 6.92 Å². The first kappa shape index (κ1) is 8.73. The van der Waals surface area contributed by atoms with Crippen molar-refractivity contribution in [2.24, 2.45) is 0 Å². The van der Waals surface area contributed by atoms with Crippen LogP contribution in [0.2, 0.25) is 0 Å². The standard InChI is InChI=1S/C7H10N2O3/c1-2-3-9(12)5-4(8)6(10)7(5)11/h12H,2-3,8H2,1H3. The van der Waals surface area contributed by atoms with Crippen LogP contribution in [0.5, 0.6) is 0 Å². The zero-order chi connectivity index (χ0) is 9.30. The minimum atomic E-state index is -0.708. The van der Waals surface area contributed by atoms with Crippen LogP contribution in [0.3, 0.4) is 0 Å². The van der Waals surface area contributed by atoms with Gasteiger partial charge in [-0.2, -0.15) is 0 Å². The summed E-state index contributed by atoms with van der Waals surface area (Å²) in [6.07, 6.45) is 0.675. The summed E-state index contributed by atoms with van der Waals surface area (Å²) >= 11 is 0. The number of anilines is 2. The van der Waals surface area contributed by atoms with E-state index in [1.54, 1.807) is 0 Å². The molecule has 0 aliphatic rings. The fraction of sp³-hybridized carbons (Fsp3) is 0.429. The van der Waals surface area contributed by atoms with Gasteiger partial charge in [-0.3, -0.25) is 19.9 Å². The molecule has 0 spiro atoms. The molecule has 0 radical (unpaired) electrons. The number of hydrogen-bond acceptors (Lipinski definition) is 5. The van der Waals surface area contributed by atoms with Crippen molar-refractivity contribution in [3.05, 3.63) is 20.4 Å². The third-order valence-electron chi connectivity index (χ3n) is 1.61. The van der Waals surface area contributed by atoms with Gasteiger partial charge in [-0.15, -0.1) is 0 Å². The number of nitrogens with zero attached hydrogens (tertiary/aromatic N) is 1. The largest absolute Gasteiger partial charge is 0.394 e. The number of hydroxylamine groups is 1. The van der Waals surface area contributed by atoms with E-state index in [9.17, 15) is 9.59 Å². The highest BCUT2D eigenvalue weighted by molar-refractivity contribution is 5.71. The lowest BCUT2D eigenvalue weighted by molar-refractivity contribution is 0.253. The summed E-state index contributed by atoms with van der Waals surface area (Å²) in [6, 6.07) is 0. The molecule has 0 aromatic heterocycles. The molecule has 0 fully saturated rings. The van der Waals surface area contributed by atoms with E-state index in [0.717, 1.165) is 5.06 Å². The summed E-state index contributed by atoms with van der Waals surface area (Å²) in [4.78, 5) is 21.4. The minimum absolute atomic E-state index is 0.0677. The average Bonchev–Trinajstić information content (AvgIpc) is 2.05. The van der Waals surface area contributed by atoms with Crippen molar-refractivity contribution in [2.45, 2.75) is 13.3 Å². The molecule has 0 amide bonds. The Bertz CT molecular complexity index is 351. The van der Waals surface area contributed by atoms with E-state index in [1.165, 1.54) is 0 Å². The summed E-state index contributed by atoms with van der Waals surface area (Å²) in [5, 5.41) is 9.87. The Balaban J connectivity index is 2.91. The molecule has 0 atom stereocenters. The van der Waals surface area contributed by atoms with E-state index < -0.39 is 10.9 Å². The topological polar surface area (TPSA) is 83.6 Å². The van der Waals surface area contributed by atoms with Crippen LogP contribution < -0.4 is 21.7 Å². The van der Waals surface area contributed by atoms with Gasteiger partial charge in [0.25, 0.3) is 10.9 Å². The van der Waals surface area contributed by atoms with E-state index in [-0.39, 0.29) is 11.4 Å². The molecule has 1 rings (SSSR count). The maximum Gasteiger partial charge on any atom is 0.255 e. The second-order valence-corrected chi connectivity index (χ2v) is 2.54. The number of hydrogen-bond donors (Lipinski definition) is 2. The summed E-state index contributed by atoms with van der Waals surface area (Å²) < 4.78 is 0. The molecule has 3 N–H and O–H groups in total. The van der Waals surface area contributed by atoms with Gasteiger partial charge in [0.15, 0.2) is 0 Å². The molecule has 0 saturated heterocycles. The van der Waals surface area contributed by atoms with Gasteiger partial charge in [0.05, 0.1) is 0 Å². The van der Waals surface area contributed by atoms with E-state index in [2.05, 4.69) is 0 Å². The monoisotopic (exact) mass is 170 g/mol. The quantitative estimate of drug-likeness (QED) is 0.470. The van der Waals surface area contributed by atoms with E-state index in [0.29, 0.717) is 13.0 Å². The van der Waals surface area contributed by atoms with Crippen molar-refractivity contribution in [3.63, 3.8) is 0 Å². The Morgan fingerprint density at radius 3 is 2.42 bits per heavy atom. The van der Waals surface area contributed by atoms with Gasteiger partial charge in [-0.05, 0) is 6.42 Å². The van der Waals surface area contributed by atoms with E-state index in [1.807, 2.05) is 6.92 Å². The Morgan fingerprint density at radius 2 is 2.00 bits per heavy atom. The van der Waals surface area contributed by atoms with Gasteiger partial charge in [0, 0.05) is 6.54 Å². The van der Waals surface area contributed by atoms with Crippen LogP contribution >= 0.6 is 0 Å². The molecule has 5 heteroatoms. The van der Waals surface area contributed by atoms with Crippen LogP contribution in [0.25, 0.3) is 0 Å². The number of rotatable bonds is 3. The molecule has 66 valence electrons. The maximum absolute atomic E-state index is 10.8. The summed E-state index contributed by atoms with van der Waals surface area (Å²) in [7, 11) is 0. The number of nitrogens with two attached hydrogens (primary N) is 1. The van der Waals surface area contributed by atoms with Crippen LogP contribution in [0.4, 0.5) is 11.4 Å². The molecule has 0 bridgehead atoms. The molecule has 0 aliphatic carbocycles. The van der Waals surface area contributed by atoms with Gasteiger partial charge in [0.1, 0.15) is 11.4 Å². The first-order valence-corrected chi connectivity index (χ1v) is 3.64. The van der Waals surface area contributed by atoms with Crippen molar-refractivity contribution < 1.29 is 5.21 Å². The lowest BCUT2D eigenvalue weighted by Gasteiger charge is -2.17. The molecule has 0 heterocycles. The number of nitrogen functional groups attached to an aromatic ring is 1. The van der Waals surface area contributed by atoms with Crippen molar-refractivity contribution in [1.82, 2.24) is 0 Å². The molecule has 0 unspecified atom stereocenters. The highest BCUT2D eigenvalue weighted by Gasteiger charge is 2.21. The fourth-order valence-corrected chi connectivity index (χ4v) is 0.977. The van der Waals surface area contributed by atoms with Crippen molar-refractivity contribution in [2.75, 3.05) is 17.3 Å². The molecule has 0 aliphatic heterocycles. The van der Waals surface area contributed by atoms with Crippen LogP contribution in [0.1, 0.15) is 13.3 Å². The minimum Gasteiger partial charge on any atom is -0.394 e. The Labute approximate surface area is 68.7 Å². The SMILES string of the molecule is CCCN(O)c1c(N)c(=O)c1=O. The third-order valence-corrected chi connectivity index (χ3v) is 1.61. The van der Waals surface area contributed by atoms with Crippen LogP contribution in [0.15, 0.2) is 9.59 Å². The van der Waals surface area contributed by atoms with Gasteiger partial charge < -0.3 is 5.73 Å². The summed E-state index contributed by atoms with van der Waals surface area (Å²) in [6.45, 7) is 2.14. The van der Waals surface area contributed by atoms with Crippen LogP contribution in [-0.2, 0) is 0 Å². The van der Waals surface area contributed by atoms with Crippen LogP contribution in [0, 0.1) is 0 Å². The lowest BCUT2D eigenvalue weighted by atomic mass is 10.2. The van der Waals surface area contributed by atoms with E-state index in [4.69, 9.17) is 10.9 Å². The predicted octanol–water partition coefficient (Wildman–Crippen LogP) is -0.530. The van der Waals surface area contributed by atoms with Gasteiger partial charge >= 0.3 is 0 Å². The smallest absolute Gasteiger partial charge is 0.255 e. The van der Waals surface area contributed by atoms with Crippen molar-refractivity contribution >= 4 is 11.4 Å². The predicted molar refractivity (Wildman–Crippen MR) is 45.2 cm³/mol. The van der Waals surface area contributed by atoms with Crippen molar-refractivity contribution in [3.8, 4) is 0 Å². The molecule has 1 aromatic rings. The maximum atomic E-state index is 10.8. The zero-order valence-electron chi connectivity index (χ0n) is 6.70. The normalized spacial score (nSPS) is 10.5. The molecule has 5 nitrogen and oxygen atoms in total. The molecule has 12 heavy (non-hydrogen) atoms. The van der Waals surface area contributed by atoms with Gasteiger partial charge in [0.2, 0.25) is 0 Å². The molecular weight excluding hydrogens is 160 g/mol. The Morgan fingerprint density at radius 1 is 1.42 bits per heavy atom. The molecular formula is C7H10N2O3. The Kier molecular flexibility index (Phi) is 2.14.